The Kier molecular flexibility index (Phi) is 7.52. The van der Waals surface area contributed by atoms with Crippen LogP contribution in [0.1, 0.15) is 48.2 Å². The number of para-hydroxylation sites is 4. The number of amides is 1. The second-order valence-electron chi connectivity index (χ2n) is 12.6. The first-order valence-electron chi connectivity index (χ1n) is 15.9. The number of piperidine rings is 2. The number of hydrogen-bond donors (Lipinski definition) is 1. The molecule has 0 atom stereocenters. The third-order valence-electron chi connectivity index (χ3n) is 9.77. The van der Waals surface area contributed by atoms with Gasteiger partial charge in [-0.1, -0.05) is 37.4 Å². The molecule has 1 amide bonds. The summed E-state index contributed by atoms with van der Waals surface area (Å²) in [5.74, 6) is 0.763. The van der Waals surface area contributed by atoms with Gasteiger partial charge in [-0.15, -0.1) is 0 Å². The maximum absolute atomic E-state index is 12.8. The molecule has 48 heavy (non-hydrogen) atoms. The van der Waals surface area contributed by atoms with Gasteiger partial charge in [0.15, 0.2) is 34.1 Å². The van der Waals surface area contributed by atoms with Gasteiger partial charge in [0.25, 0.3) is 0 Å². The number of aromatic nitrogens is 2. The van der Waals surface area contributed by atoms with Crippen LogP contribution in [0.4, 0.5) is 24.8 Å². The van der Waals surface area contributed by atoms with Crippen molar-refractivity contribution in [2.75, 3.05) is 26.2 Å². The van der Waals surface area contributed by atoms with Crippen molar-refractivity contribution in [1.82, 2.24) is 19.4 Å². The Bertz CT molecular complexity index is 2000. The Morgan fingerprint density at radius 1 is 0.771 bits per heavy atom. The molecule has 12 heteroatoms. The van der Waals surface area contributed by atoms with Crippen LogP contribution >= 0.6 is 0 Å². The average molecular weight is 655 g/mol. The van der Waals surface area contributed by atoms with E-state index < -0.39 is 17.7 Å². The fourth-order valence-corrected chi connectivity index (χ4v) is 7.75. The largest absolute Gasteiger partial charge is 0.474 e. The number of likely N-dealkylation sites (tertiary alicyclic amines) is 1. The van der Waals surface area contributed by atoms with E-state index in [9.17, 15) is 18.0 Å². The molecule has 0 unspecified atom stereocenters. The molecule has 4 aliphatic rings. The molecule has 1 N–H and O–H groups in total. The highest BCUT2D eigenvalue weighted by Gasteiger charge is 2.52. The van der Waals surface area contributed by atoms with Crippen LogP contribution in [-0.4, -0.2) is 52.3 Å². The van der Waals surface area contributed by atoms with Crippen molar-refractivity contribution < 1.29 is 27.4 Å². The number of aryl methyl sites for hydroxylation is 2. The van der Waals surface area contributed by atoms with Crippen LogP contribution in [0.3, 0.4) is 0 Å². The van der Waals surface area contributed by atoms with Crippen LogP contribution in [0.15, 0.2) is 60.7 Å². The predicted octanol–water partition coefficient (Wildman–Crippen LogP) is 7.42. The Balaban J connectivity index is 0.000000156. The molecular formula is C36H33F3N6O3. The Labute approximate surface area is 276 Å². The number of carbonyl (C=O) groups excluding carboxylic acids is 1. The molecule has 4 aliphatic heterocycles. The van der Waals surface area contributed by atoms with Gasteiger partial charge in [0.05, 0.1) is 0 Å². The van der Waals surface area contributed by atoms with Crippen LogP contribution in [0.2, 0.25) is 0 Å². The second kappa shape index (κ2) is 11.5. The SMILES string of the molecule is [C-]#[N+]c1cc(C)c2n1-c1ccccc1OC21CCN(C(=O)C(F)(F)F)CC1.[C-]#[N+]c1cc(C)c2n1-c1ccccc1OC21CCNCC1. The molecule has 2 aromatic heterocycles. The van der Waals surface area contributed by atoms with E-state index in [1.165, 1.54) is 0 Å². The van der Waals surface area contributed by atoms with Crippen LogP contribution in [0.25, 0.3) is 21.1 Å². The number of ether oxygens (including phenoxy) is 2. The molecule has 2 fully saturated rings. The van der Waals surface area contributed by atoms with Crippen molar-refractivity contribution in [3.63, 3.8) is 0 Å². The van der Waals surface area contributed by atoms with E-state index in [-0.39, 0.29) is 31.5 Å². The molecule has 8 rings (SSSR count). The molecule has 246 valence electrons. The molecule has 2 saturated heterocycles. The minimum atomic E-state index is -4.88. The molecule has 0 radical (unpaired) electrons. The third kappa shape index (κ3) is 4.90. The van der Waals surface area contributed by atoms with Gasteiger partial charge in [-0.25, -0.2) is 0 Å². The molecule has 0 saturated carbocycles. The van der Waals surface area contributed by atoms with Crippen LogP contribution in [-0.2, 0) is 16.0 Å². The van der Waals surface area contributed by atoms with Crippen LogP contribution in [0.5, 0.6) is 11.5 Å². The minimum Gasteiger partial charge on any atom is -0.474 e. The summed E-state index contributed by atoms with van der Waals surface area (Å²) >= 11 is 0. The smallest absolute Gasteiger partial charge is 0.471 e. The molecular weight excluding hydrogens is 621 g/mol. The number of carbonyl (C=O) groups is 1. The summed E-state index contributed by atoms with van der Waals surface area (Å²) in [6.45, 7) is 20.7. The van der Waals surface area contributed by atoms with E-state index in [0.717, 1.165) is 70.5 Å². The normalized spacial score (nSPS) is 18.0. The summed E-state index contributed by atoms with van der Waals surface area (Å²) in [7, 11) is 0. The zero-order valence-electron chi connectivity index (χ0n) is 26.5. The van der Waals surface area contributed by atoms with Crippen molar-refractivity contribution in [2.45, 2.75) is 56.9 Å². The van der Waals surface area contributed by atoms with Crippen molar-refractivity contribution in [3.8, 4) is 22.9 Å². The predicted molar refractivity (Wildman–Crippen MR) is 172 cm³/mol. The number of rotatable bonds is 0. The van der Waals surface area contributed by atoms with Gasteiger partial charge in [0.1, 0.15) is 11.4 Å². The highest BCUT2D eigenvalue weighted by atomic mass is 19.4. The standard InChI is InChI=1S/C19H16F3N3O2.C17H17N3O/c1-12-11-15(23-2)25-13-5-3-4-6-14(13)27-18(16(12)25)7-9-24(10-8-18)17(26)19(20,21)22;1-12-11-15(18-2)20-13-5-3-4-6-14(13)21-17(16(12)20)7-9-19-10-8-17/h3-6,11H,7-10H2,1H3;3-6,11,19H,7-10H2,1H3. The van der Waals surface area contributed by atoms with E-state index in [2.05, 4.69) is 26.5 Å². The number of benzene rings is 2. The van der Waals surface area contributed by atoms with Crippen molar-refractivity contribution in [1.29, 1.82) is 0 Å². The lowest BCUT2D eigenvalue weighted by Gasteiger charge is -2.43. The number of alkyl halides is 3. The quantitative estimate of drug-likeness (QED) is 0.201. The zero-order valence-corrected chi connectivity index (χ0v) is 26.5. The van der Waals surface area contributed by atoms with E-state index in [1.807, 2.05) is 60.0 Å². The third-order valence-corrected chi connectivity index (χ3v) is 9.77. The summed E-state index contributed by atoms with van der Waals surface area (Å²) in [4.78, 5) is 19.7. The van der Waals surface area contributed by atoms with Crippen molar-refractivity contribution in [2.24, 2.45) is 0 Å². The van der Waals surface area contributed by atoms with E-state index in [0.29, 0.717) is 17.4 Å². The summed E-state index contributed by atoms with van der Waals surface area (Å²) in [6.07, 6.45) is -2.55. The van der Waals surface area contributed by atoms with E-state index in [1.54, 1.807) is 12.1 Å². The molecule has 0 aliphatic carbocycles. The first-order chi connectivity index (χ1) is 23.0. The Hall–Kier alpha value is -5.20. The Morgan fingerprint density at radius 2 is 1.21 bits per heavy atom. The van der Waals surface area contributed by atoms with E-state index >= 15 is 0 Å². The number of nitrogens with zero attached hydrogens (tertiary/aromatic N) is 5. The van der Waals surface area contributed by atoms with Gasteiger partial charge in [0, 0.05) is 38.8 Å². The van der Waals surface area contributed by atoms with Gasteiger partial charge >= 0.3 is 12.1 Å². The van der Waals surface area contributed by atoms with Crippen LogP contribution < -0.4 is 14.8 Å². The Morgan fingerprint density at radius 3 is 1.65 bits per heavy atom. The lowest BCUT2D eigenvalue weighted by molar-refractivity contribution is -0.188. The highest BCUT2D eigenvalue weighted by Crippen LogP contribution is 2.50. The minimum absolute atomic E-state index is 0.0571. The maximum atomic E-state index is 12.8. The van der Waals surface area contributed by atoms with Crippen LogP contribution in [0, 0.1) is 27.0 Å². The lowest BCUT2D eigenvalue weighted by Crippen LogP contribution is -2.52. The highest BCUT2D eigenvalue weighted by molar-refractivity contribution is 5.82. The number of nitrogens with one attached hydrogen (secondary N) is 1. The average Bonchev–Trinajstić information content (AvgIpc) is 3.63. The van der Waals surface area contributed by atoms with Gasteiger partial charge in [-0.2, -0.15) is 13.2 Å². The molecule has 2 spiro atoms. The first kappa shape index (κ1) is 31.4. The van der Waals surface area contributed by atoms with Gasteiger partial charge in [0.2, 0.25) is 11.6 Å². The molecule has 9 nitrogen and oxygen atoms in total. The second-order valence-corrected chi connectivity index (χ2v) is 12.6. The summed E-state index contributed by atoms with van der Waals surface area (Å²) in [6, 6.07) is 19.1. The fraction of sp³-hybridized carbons (Fsp3) is 0.361. The van der Waals surface area contributed by atoms with Gasteiger partial charge in [-0.3, -0.25) is 13.9 Å². The number of fused-ring (bicyclic) bond motifs is 8. The maximum Gasteiger partial charge on any atom is 0.471 e. The fourth-order valence-electron chi connectivity index (χ4n) is 7.75. The molecule has 0 bridgehead atoms. The number of halogens is 3. The monoisotopic (exact) mass is 654 g/mol. The van der Waals surface area contributed by atoms with E-state index in [4.69, 9.17) is 22.6 Å². The molecule has 6 heterocycles. The van der Waals surface area contributed by atoms with Gasteiger partial charge < -0.3 is 29.4 Å². The summed E-state index contributed by atoms with van der Waals surface area (Å²) in [5.41, 5.74) is 4.52. The number of hydrogen-bond acceptors (Lipinski definition) is 4. The molecule has 4 aromatic rings. The first-order valence-corrected chi connectivity index (χ1v) is 15.9. The van der Waals surface area contributed by atoms with Crippen molar-refractivity contribution >= 4 is 17.5 Å². The topological polar surface area (TPSA) is 69.4 Å². The lowest BCUT2D eigenvalue weighted by atomic mass is 9.84. The summed E-state index contributed by atoms with van der Waals surface area (Å²) in [5, 5.41) is 3.40. The van der Waals surface area contributed by atoms with Gasteiger partial charge in [-0.05, 0) is 74.5 Å². The van der Waals surface area contributed by atoms with Crippen molar-refractivity contribution in [3.05, 3.63) is 106 Å². The summed E-state index contributed by atoms with van der Waals surface area (Å²) < 4.78 is 55.0. The zero-order chi connectivity index (χ0) is 33.8. The molecule has 2 aromatic carbocycles.